The van der Waals surface area contributed by atoms with Gasteiger partial charge in [-0.1, -0.05) is 18.7 Å². The molecule has 0 unspecified atom stereocenters. The van der Waals surface area contributed by atoms with Crippen LogP contribution in [0.1, 0.15) is 37.6 Å². The van der Waals surface area contributed by atoms with Gasteiger partial charge in [0.15, 0.2) is 11.4 Å². The van der Waals surface area contributed by atoms with Crippen molar-refractivity contribution in [3.05, 3.63) is 10.4 Å². The Morgan fingerprint density at radius 2 is 2.08 bits per heavy atom. The van der Waals surface area contributed by atoms with Gasteiger partial charge in [0.2, 0.25) is 0 Å². The van der Waals surface area contributed by atoms with Crippen LogP contribution in [0.2, 0.25) is 0 Å². The van der Waals surface area contributed by atoms with Crippen LogP contribution < -0.4 is 5.32 Å². The van der Waals surface area contributed by atoms with E-state index in [2.05, 4.69) is 26.1 Å². The van der Waals surface area contributed by atoms with Crippen molar-refractivity contribution in [2.45, 2.75) is 57.3 Å². The summed E-state index contributed by atoms with van der Waals surface area (Å²) >= 11 is 3.41. The molecule has 0 aliphatic carbocycles. The van der Waals surface area contributed by atoms with Gasteiger partial charge < -0.3 is 19.5 Å². The fourth-order valence-corrected chi connectivity index (χ4v) is 4.81. The number of nitrogens with one attached hydrogen (secondary N) is 1. The van der Waals surface area contributed by atoms with Crippen molar-refractivity contribution in [3.63, 3.8) is 0 Å². The molecule has 0 atom stereocenters. The summed E-state index contributed by atoms with van der Waals surface area (Å²) in [6.45, 7) is 7.59. The lowest BCUT2D eigenvalue weighted by atomic mass is 9.94. The number of thiophene rings is 1. The number of rotatable bonds is 8. The first-order valence-corrected chi connectivity index (χ1v) is 10.7. The molecule has 0 fully saturated rings. The molecule has 0 spiro atoms. The van der Waals surface area contributed by atoms with Crippen LogP contribution in [0.25, 0.3) is 10.2 Å². The number of fused-ring (bicyclic) bond motifs is 3. The van der Waals surface area contributed by atoms with Crippen molar-refractivity contribution in [2.24, 2.45) is 0 Å². The van der Waals surface area contributed by atoms with Crippen molar-refractivity contribution < 1.29 is 14.2 Å². The summed E-state index contributed by atoms with van der Waals surface area (Å²) in [6, 6.07) is 0. The van der Waals surface area contributed by atoms with Crippen LogP contribution in [0.4, 0.5) is 5.82 Å². The molecule has 2 aromatic heterocycles. The molecular weight excluding hydrogens is 370 g/mol. The van der Waals surface area contributed by atoms with Gasteiger partial charge in [0.25, 0.3) is 0 Å². The number of anilines is 1. The van der Waals surface area contributed by atoms with E-state index >= 15 is 0 Å². The molecule has 0 aromatic carbocycles. The van der Waals surface area contributed by atoms with Crippen molar-refractivity contribution in [3.8, 4) is 0 Å². The topological polar surface area (TPSA) is 65.5 Å². The summed E-state index contributed by atoms with van der Waals surface area (Å²) in [5.41, 5.74) is 1.14. The Morgan fingerprint density at radius 3 is 2.77 bits per heavy atom. The molecule has 0 bridgehead atoms. The molecule has 26 heavy (non-hydrogen) atoms. The van der Waals surface area contributed by atoms with Gasteiger partial charge in [-0.25, -0.2) is 9.97 Å². The van der Waals surface area contributed by atoms with Crippen LogP contribution in [-0.4, -0.2) is 48.4 Å². The summed E-state index contributed by atoms with van der Waals surface area (Å²) in [5, 5.41) is 5.35. The third-order valence-electron chi connectivity index (χ3n) is 4.31. The minimum Gasteiger partial charge on any atom is -0.370 e. The number of hydrogen-bond acceptors (Lipinski definition) is 8. The van der Waals surface area contributed by atoms with E-state index in [0.717, 1.165) is 39.8 Å². The average Bonchev–Trinajstić information content (AvgIpc) is 2.97. The highest BCUT2D eigenvalue weighted by molar-refractivity contribution is 7.99. The zero-order valence-corrected chi connectivity index (χ0v) is 17.7. The third kappa shape index (κ3) is 4.31. The van der Waals surface area contributed by atoms with Crippen molar-refractivity contribution >= 4 is 39.1 Å². The van der Waals surface area contributed by atoms with Gasteiger partial charge in [-0.05, 0) is 25.8 Å². The summed E-state index contributed by atoms with van der Waals surface area (Å²) < 4.78 is 16.6. The van der Waals surface area contributed by atoms with E-state index in [-0.39, 0.29) is 11.9 Å². The zero-order chi connectivity index (χ0) is 18.7. The molecule has 1 N–H and O–H groups in total. The average molecular weight is 398 g/mol. The number of ether oxygens (including phenoxy) is 3. The molecule has 0 radical (unpaired) electrons. The molecule has 8 heteroatoms. The second-order valence-electron chi connectivity index (χ2n) is 6.89. The van der Waals surface area contributed by atoms with E-state index < -0.39 is 0 Å². The molecule has 3 heterocycles. The molecular formula is C18H27N3O3S2. The van der Waals surface area contributed by atoms with Crippen LogP contribution in [0, 0.1) is 0 Å². The SMILES string of the molecule is CCCSc1nc(NCC(OC)OC)c2c3c(sc2n1)COC(C)(C)C3. The highest BCUT2D eigenvalue weighted by Gasteiger charge is 2.31. The standard InChI is InChI=1S/C18H27N3O3S2/c1-6-7-25-17-20-15(19-9-13(22-4)23-5)14-11-8-18(2,3)24-10-12(11)26-16(14)21-17/h13H,6-10H2,1-5H3,(H,19,20,21). The van der Waals surface area contributed by atoms with E-state index in [9.17, 15) is 0 Å². The molecule has 0 amide bonds. The lowest BCUT2D eigenvalue weighted by Gasteiger charge is -2.30. The number of hydrogen-bond donors (Lipinski definition) is 1. The maximum atomic E-state index is 5.99. The number of thioether (sulfide) groups is 1. The molecule has 144 valence electrons. The molecule has 0 saturated carbocycles. The fraction of sp³-hybridized carbons (Fsp3) is 0.667. The Kier molecular flexibility index (Phi) is 6.40. The largest absolute Gasteiger partial charge is 0.370 e. The quantitative estimate of drug-likeness (QED) is 0.409. The van der Waals surface area contributed by atoms with Gasteiger partial charge in [0.1, 0.15) is 10.6 Å². The van der Waals surface area contributed by atoms with Gasteiger partial charge in [-0.15, -0.1) is 11.3 Å². The molecule has 0 saturated heterocycles. The van der Waals surface area contributed by atoms with Crippen LogP contribution in [0.5, 0.6) is 0 Å². The van der Waals surface area contributed by atoms with Crippen molar-refractivity contribution in [1.29, 1.82) is 0 Å². The van der Waals surface area contributed by atoms with Crippen LogP contribution in [-0.2, 0) is 27.2 Å². The predicted molar refractivity (Wildman–Crippen MR) is 107 cm³/mol. The van der Waals surface area contributed by atoms with Gasteiger partial charge in [0, 0.05) is 31.3 Å². The number of nitrogens with zero attached hydrogens (tertiary/aromatic N) is 2. The van der Waals surface area contributed by atoms with E-state index in [4.69, 9.17) is 24.2 Å². The Morgan fingerprint density at radius 1 is 1.31 bits per heavy atom. The number of aromatic nitrogens is 2. The summed E-state index contributed by atoms with van der Waals surface area (Å²) in [5.74, 6) is 1.87. The van der Waals surface area contributed by atoms with Gasteiger partial charge in [0.05, 0.1) is 24.1 Å². The molecule has 6 nitrogen and oxygen atoms in total. The van der Waals surface area contributed by atoms with Crippen LogP contribution in [0.3, 0.4) is 0 Å². The fourth-order valence-electron chi connectivity index (χ4n) is 2.95. The summed E-state index contributed by atoms with van der Waals surface area (Å²) in [6.07, 6.45) is 1.63. The van der Waals surface area contributed by atoms with E-state index in [1.807, 2.05) is 0 Å². The second kappa shape index (κ2) is 8.39. The monoisotopic (exact) mass is 397 g/mol. The zero-order valence-electron chi connectivity index (χ0n) is 16.0. The van der Waals surface area contributed by atoms with E-state index in [0.29, 0.717) is 13.2 Å². The highest BCUT2D eigenvalue weighted by atomic mass is 32.2. The smallest absolute Gasteiger partial charge is 0.190 e. The Balaban J connectivity index is 2.01. The Bertz CT molecular complexity index is 760. The van der Waals surface area contributed by atoms with Gasteiger partial charge in [-0.3, -0.25) is 0 Å². The van der Waals surface area contributed by atoms with Gasteiger partial charge in [-0.2, -0.15) is 0 Å². The Hall–Kier alpha value is -0.930. The first-order valence-electron chi connectivity index (χ1n) is 8.86. The minimum absolute atomic E-state index is 0.171. The van der Waals surface area contributed by atoms with Crippen LogP contribution >= 0.6 is 23.1 Å². The predicted octanol–water partition coefficient (Wildman–Crippen LogP) is 4.08. The maximum Gasteiger partial charge on any atom is 0.190 e. The number of methoxy groups -OCH3 is 2. The first kappa shape index (κ1) is 19.8. The van der Waals surface area contributed by atoms with Crippen molar-refractivity contribution in [2.75, 3.05) is 31.8 Å². The van der Waals surface area contributed by atoms with E-state index in [1.54, 1.807) is 37.3 Å². The maximum absolute atomic E-state index is 5.99. The third-order valence-corrected chi connectivity index (χ3v) is 6.46. The lowest BCUT2D eigenvalue weighted by Crippen LogP contribution is -2.31. The summed E-state index contributed by atoms with van der Waals surface area (Å²) in [4.78, 5) is 11.9. The minimum atomic E-state index is -0.319. The summed E-state index contributed by atoms with van der Waals surface area (Å²) in [7, 11) is 3.28. The molecule has 3 rings (SSSR count). The van der Waals surface area contributed by atoms with E-state index in [1.165, 1.54) is 10.4 Å². The van der Waals surface area contributed by atoms with Crippen LogP contribution in [0.15, 0.2) is 5.16 Å². The molecule has 1 aliphatic rings. The Labute approximate surface area is 163 Å². The normalized spacial score (nSPS) is 16.2. The molecule has 2 aromatic rings. The molecule has 1 aliphatic heterocycles. The lowest BCUT2D eigenvalue weighted by molar-refractivity contribution is -0.0914. The second-order valence-corrected chi connectivity index (χ2v) is 9.04. The highest BCUT2D eigenvalue weighted by Crippen LogP contribution is 2.41. The first-order chi connectivity index (χ1) is 12.5. The van der Waals surface area contributed by atoms with Crippen molar-refractivity contribution in [1.82, 2.24) is 9.97 Å². The van der Waals surface area contributed by atoms with Gasteiger partial charge >= 0.3 is 0 Å².